The molecule has 0 radical (unpaired) electrons. The molecular weight excluding hydrogens is 358 g/mol. The van der Waals surface area contributed by atoms with Crippen LogP contribution in [0.25, 0.3) is 0 Å². The van der Waals surface area contributed by atoms with Crippen molar-refractivity contribution in [2.24, 2.45) is 0 Å². The van der Waals surface area contributed by atoms with Gasteiger partial charge in [-0.05, 0) is 24.3 Å². The molecule has 0 bridgehead atoms. The van der Waals surface area contributed by atoms with Gasteiger partial charge in [-0.2, -0.15) is 0 Å². The number of para-hydroxylation sites is 1. The lowest BCUT2D eigenvalue weighted by Crippen LogP contribution is -2.31. The molecule has 7 heteroatoms. The Morgan fingerprint density at radius 1 is 0.964 bits per heavy atom. The third-order valence-electron chi connectivity index (χ3n) is 4.07. The van der Waals surface area contributed by atoms with Gasteiger partial charge < -0.3 is 20.3 Å². The summed E-state index contributed by atoms with van der Waals surface area (Å²) in [4.78, 5) is 37.0. The number of ether oxygens (including phenoxy) is 1. The number of benzene rings is 2. The van der Waals surface area contributed by atoms with Crippen LogP contribution in [-0.4, -0.2) is 36.3 Å². The van der Waals surface area contributed by atoms with Gasteiger partial charge in [-0.1, -0.05) is 24.3 Å². The van der Waals surface area contributed by atoms with Gasteiger partial charge in [0.25, 0.3) is 0 Å². The first-order valence-corrected chi connectivity index (χ1v) is 8.94. The molecule has 0 saturated carbocycles. The minimum Gasteiger partial charge on any atom is -0.496 e. The van der Waals surface area contributed by atoms with Crippen molar-refractivity contribution >= 4 is 29.1 Å². The summed E-state index contributed by atoms with van der Waals surface area (Å²) in [5, 5.41) is 5.45. The van der Waals surface area contributed by atoms with Crippen LogP contribution in [0.5, 0.6) is 5.75 Å². The van der Waals surface area contributed by atoms with Gasteiger partial charge in [-0.3, -0.25) is 14.4 Å². The molecule has 0 fully saturated rings. The molecule has 148 valence electrons. The molecule has 28 heavy (non-hydrogen) atoms. The van der Waals surface area contributed by atoms with Crippen molar-refractivity contribution < 1.29 is 19.1 Å². The van der Waals surface area contributed by atoms with E-state index in [0.29, 0.717) is 23.7 Å². The highest BCUT2D eigenvalue weighted by Gasteiger charge is 2.14. The van der Waals surface area contributed by atoms with Gasteiger partial charge in [0.1, 0.15) is 5.75 Å². The van der Waals surface area contributed by atoms with Crippen LogP contribution in [0.4, 0.5) is 11.4 Å². The Morgan fingerprint density at radius 3 is 2.29 bits per heavy atom. The second-order valence-corrected chi connectivity index (χ2v) is 6.31. The highest BCUT2D eigenvalue weighted by Crippen LogP contribution is 2.20. The fourth-order valence-corrected chi connectivity index (χ4v) is 2.73. The molecule has 0 spiro atoms. The van der Waals surface area contributed by atoms with E-state index < -0.39 is 0 Å². The molecule has 2 N–H and O–H groups in total. The Bertz CT molecular complexity index is 851. The average Bonchev–Trinajstić information content (AvgIpc) is 2.65. The maximum Gasteiger partial charge on any atom is 0.226 e. The summed E-state index contributed by atoms with van der Waals surface area (Å²) in [5.41, 5.74) is 2.06. The largest absolute Gasteiger partial charge is 0.496 e. The third kappa shape index (κ3) is 6.42. The first-order chi connectivity index (χ1) is 13.4. The summed E-state index contributed by atoms with van der Waals surface area (Å²) in [7, 11) is 1.58. The number of carbonyl (C=O) groups is 3. The molecule has 0 aliphatic carbocycles. The van der Waals surface area contributed by atoms with E-state index in [1.807, 2.05) is 24.3 Å². The molecular formula is C21H25N3O4. The van der Waals surface area contributed by atoms with Crippen LogP contribution in [0, 0.1) is 0 Å². The predicted octanol–water partition coefficient (Wildman–Crippen LogP) is 3.03. The quantitative estimate of drug-likeness (QED) is 0.733. The van der Waals surface area contributed by atoms with Gasteiger partial charge in [0.15, 0.2) is 0 Å². The van der Waals surface area contributed by atoms with Crippen molar-refractivity contribution in [3.8, 4) is 5.75 Å². The number of amides is 3. The molecule has 2 aromatic carbocycles. The molecule has 0 aromatic heterocycles. The fraction of sp³-hybridized carbons (Fsp3) is 0.286. The van der Waals surface area contributed by atoms with Crippen molar-refractivity contribution in [1.82, 2.24) is 4.90 Å². The highest BCUT2D eigenvalue weighted by molar-refractivity contribution is 5.93. The number of anilines is 2. The number of methoxy groups -OCH3 is 1. The summed E-state index contributed by atoms with van der Waals surface area (Å²) in [5.74, 6) is 0.183. The third-order valence-corrected chi connectivity index (χ3v) is 4.07. The lowest BCUT2D eigenvalue weighted by molar-refractivity contribution is -0.130. The van der Waals surface area contributed by atoms with Crippen LogP contribution in [0.2, 0.25) is 0 Å². The van der Waals surface area contributed by atoms with E-state index in [0.717, 1.165) is 5.56 Å². The monoisotopic (exact) mass is 383 g/mol. The number of carbonyl (C=O) groups excluding carboxylic acids is 3. The number of hydrogen-bond acceptors (Lipinski definition) is 4. The van der Waals surface area contributed by atoms with Gasteiger partial charge in [-0.25, -0.2) is 0 Å². The predicted molar refractivity (Wildman–Crippen MR) is 108 cm³/mol. The van der Waals surface area contributed by atoms with E-state index in [9.17, 15) is 14.4 Å². The number of hydrogen-bond donors (Lipinski definition) is 2. The van der Waals surface area contributed by atoms with Crippen LogP contribution in [0.15, 0.2) is 48.5 Å². The molecule has 0 heterocycles. The second kappa shape index (κ2) is 10.1. The lowest BCUT2D eigenvalue weighted by Gasteiger charge is -2.22. The summed E-state index contributed by atoms with van der Waals surface area (Å²) in [6.07, 6.45) is 0.152. The van der Waals surface area contributed by atoms with E-state index >= 15 is 0 Å². The van der Waals surface area contributed by atoms with Crippen molar-refractivity contribution in [2.45, 2.75) is 26.8 Å². The lowest BCUT2D eigenvalue weighted by atomic mass is 10.2. The van der Waals surface area contributed by atoms with Crippen LogP contribution in [0.1, 0.15) is 25.8 Å². The van der Waals surface area contributed by atoms with E-state index in [2.05, 4.69) is 10.6 Å². The summed E-state index contributed by atoms with van der Waals surface area (Å²) in [6.45, 7) is 3.54. The van der Waals surface area contributed by atoms with Crippen LogP contribution in [0.3, 0.4) is 0 Å². The van der Waals surface area contributed by atoms with E-state index in [1.54, 1.807) is 36.3 Å². The van der Waals surface area contributed by atoms with Gasteiger partial charge in [0.05, 0.1) is 7.11 Å². The van der Waals surface area contributed by atoms with Crippen molar-refractivity contribution in [3.63, 3.8) is 0 Å². The number of nitrogens with zero attached hydrogens (tertiary/aromatic N) is 1. The van der Waals surface area contributed by atoms with E-state index in [-0.39, 0.29) is 30.7 Å². The number of nitrogens with one attached hydrogen (secondary N) is 2. The first kappa shape index (κ1) is 21.0. The molecule has 0 aliphatic rings. The Labute approximate surface area is 164 Å². The van der Waals surface area contributed by atoms with Crippen molar-refractivity contribution in [1.29, 1.82) is 0 Å². The van der Waals surface area contributed by atoms with Crippen LogP contribution in [-0.2, 0) is 20.9 Å². The summed E-state index contributed by atoms with van der Waals surface area (Å²) in [6, 6.07) is 14.4. The zero-order valence-corrected chi connectivity index (χ0v) is 16.3. The SMILES string of the molecule is COc1ccccc1CN(CCC(=O)Nc1cccc(NC(C)=O)c1)C(C)=O. The standard InChI is InChI=1S/C21H25N3O4/c1-15(25)22-18-8-6-9-19(13-18)23-21(27)11-12-24(16(2)26)14-17-7-4-5-10-20(17)28-3/h4-10,13H,11-12,14H2,1-3H3,(H,22,25)(H,23,27). The van der Waals surface area contributed by atoms with E-state index in [4.69, 9.17) is 4.74 Å². The zero-order valence-electron chi connectivity index (χ0n) is 16.3. The maximum absolute atomic E-state index is 12.3. The fourth-order valence-electron chi connectivity index (χ4n) is 2.73. The van der Waals surface area contributed by atoms with Crippen molar-refractivity contribution in [2.75, 3.05) is 24.3 Å². The highest BCUT2D eigenvalue weighted by atomic mass is 16.5. The smallest absolute Gasteiger partial charge is 0.226 e. The Morgan fingerprint density at radius 2 is 1.64 bits per heavy atom. The molecule has 7 nitrogen and oxygen atoms in total. The normalized spacial score (nSPS) is 10.1. The van der Waals surface area contributed by atoms with Gasteiger partial charge >= 0.3 is 0 Å². The maximum atomic E-state index is 12.3. The van der Waals surface area contributed by atoms with Crippen LogP contribution >= 0.6 is 0 Å². The minimum atomic E-state index is -0.216. The molecule has 0 atom stereocenters. The molecule has 3 amide bonds. The number of rotatable bonds is 8. The molecule has 0 aliphatic heterocycles. The second-order valence-electron chi connectivity index (χ2n) is 6.31. The topological polar surface area (TPSA) is 87.7 Å². The summed E-state index contributed by atoms with van der Waals surface area (Å²) < 4.78 is 5.32. The van der Waals surface area contributed by atoms with Crippen LogP contribution < -0.4 is 15.4 Å². The van der Waals surface area contributed by atoms with Gasteiger partial charge in [0, 0.05) is 50.3 Å². The first-order valence-electron chi connectivity index (χ1n) is 8.94. The van der Waals surface area contributed by atoms with Gasteiger partial charge in [0.2, 0.25) is 17.7 Å². The minimum absolute atomic E-state index is 0.119. The Balaban J connectivity index is 1.95. The zero-order chi connectivity index (χ0) is 20.5. The average molecular weight is 383 g/mol. The van der Waals surface area contributed by atoms with Crippen molar-refractivity contribution in [3.05, 3.63) is 54.1 Å². The molecule has 0 saturated heterocycles. The molecule has 0 unspecified atom stereocenters. The Hall–Kier alpha value is -3.35. The summed E-state index contributed by atoms with van der Waals surface area (Å²) >= 11 is 0. The van der Waals surface area contributed by atoms with E-state index in [1.165, 1.54) is 13.8 Å². The molecule has 2 rings (SSSR count). The Kier molecular flexibility index (Phi) is 7.56. The molecule has 2 aromatic rings. The van der Waals surface area contributed by atoms with Gasteiger partial charge in [-0.15, -0.1) is 0 Å².